The first kappa shape index (κ1) is 24.8. The fourth-order valence-electron chi connectivity index (χ4n) is 3.09. The van der Waals surface area contributed by atoms with E-state index in [0.717, 1.165) is 5.56 Å². The Balaban J connectivity index is 1.53. The predicted octanol–water partition coefficient (Wildman–Crippen LogP) is 3.92. The number of amides is 1. The quantitative estimate of drug-likeness (QED) is 0.424. The third kappa shape index (κ3) is 6.82. The standard InChI is InChI=1S/C25H26N2O6S/c1-3-32-22-13-15-23(16-14-22)34(30,31)27-21-11-9-20(10-12-21)25(29)33-17-24(28)26-18(2)19-7-5-4-6-8-19/h4-16,18,27H,3,17H2,1-2H3,(H,26,28). The molecular weight excluding hydrogens is 456 g/mol. The molecule has 0 aromatic heterocycles. The summed E-state index contributed by atoms with van der Waals surface area (Å²) < 4.78 is 38.0. The Morgan fingerprint density at radius 1 is 0.912 bits per heavy atom. The Kier molecular flexibility index (Phi) is 8.26. The van der Waals surface area contributed by atoms with Crippen molar-refractivity contribution in [3.8, 4) is 5.75 Å². The normalized spacial score (nSPS) is 11.8. The van der Waals surface area contributed by atoms with E-state index < -0.39 is 28.5 Å². The van der Waals surface area contributed by atoms with Gasteiger partial charge in [-0.2, -0.15) is 0 Å². The van der Waals surface area contributed by atoms with Crippen molar-refractivity contribution in [3.05, 3.63) is 90.0 Å². The smallest absolute Gasteiger partial charge is 0.338 e. The highest BCUT2D eigenvalue weighted by Gasteiger charge is 2.16. The highest BCUT2D eigenvalue weighted by molar-refractivity contribution is 7.92. The van der Waals surface area contributed by atoms with Crippen molar-refractivity contribution in [3.63, 3.8) is 0 Å². The van der Waals surface area contributed by atoms with Crippen molar-refractivity contribution in [1.29, 1.82) is 0 Å². The van der Waals surface area contributed by atoms with E-state index in [4.69, 9.17) is 9.47 Å². The molecule has 8 nitrogen and oxygen atoms in total. The molecule has 34 heavy (non-hydrogen) atoms. The van der Waals surface area contributed by atoms with E-state index in [0.29, 0.717) is 12.4 Å². The zero-order chi connectivity index (χ0) is 24.6. The largest absolute Gasteiger partial charge is 0.494 e. The predicted molar refractivity (Wildman–Crippen MR) is 128 cm³/mol. The second-order valence-corrected chi connectivity index (χ2v) is 9.05. The minimum absolute atomic E-state index is 0.0789. The third-order valence-corrected chi connectivity index (χ3v) is 6.23. The van der Waals surface area contributed by atoms with Crippen molar-refractivity contribution in [2.45, 2.75) is 24.8 Å². The topological polar surface area (TPSA) is 111 Å². The second-order valence-electron chi connectivity index (χ2n) is 7.36. The fourth-order valence-corrected chi connectivity index (χ4v) is 4.15. The van der Waals surface area contributed by atoms with Gasteiger partial charge >= 0.3 is 5.97 Å². The number of hydrogen-bond acceptors (Lipinski definition) is 6. The lowest BCUT2D eigenvalue weighted by atomic mass is 10.1. The van der Waals surface area contributed by atoms with Crippen LogP contribution in [0.3, 0.4) is 0 Å². The third-order valence-electron chi connectivity index (χ3n) is 4.83. The van der Waals surface area contributed by atoms with Crippen molar-refractivity contribution in [2.24, 2.45) is 0 Å². The van der Waals surface area contributed by atoms with E-state index in [1.54, 1.807) is 12.1 Å². The minimum atomic E-state index is -3.81. The van der Waals surface area contributed by atoms with Gasteiger partial charge in [0, 0.05) is 5.69 Å². The van der Waals surface area contributed by atoms with E-state index in [1.807, 2.05) is 44.2 Å². The number of sulfonamides is 1. The maximum Gasteiger partial charge on any atom is 0.338 e. The van der Waals surface area contributed by atoms with Crippen LogP contribution in [0.2, 0.25) is 0 Å². The van der Waals surface area contributed by atoms with E-state index in [-0.39, 0.29) is 22.2 Å². The molecule has 0 bridgehead atoms. The van der Waals surface area contributed by atoms with Crippen molar-refractivity contribution in [2.75, 3.05) is 17.9 Å². The Morgan fingerprint density at radius 2 is 1.56 bits per heavy atom. The molecule has 0 spiro atoms. The lowest BCUT2D eigenvalue weighted by Crippen LogP contribution is -2.31. The van der Waals surface area contributed by atoms with Crippen LogP contribution in [0.15, 0.2) is 83.8 Å². The number of rotatable bonds is 10. The number of nitrogens with one attached hydrogen (secondary N) is 2. The number of esters is 1. The molecule has 0 aliphatic heterocycles. The lowest BCUT2D eigenvalue weighted by Gasteiger charge is -2.14. The van der Waals surface area contributed by atoms with Crippen LogP contribution in [0.5, 0.6) is 5.75 Å². The molecule has 3 rings (SSSR count). The first-order valence-corrected chi connectivity index (χ1v) is 12.1. The van der Waals surface area contributed by atoms with Gasteiger partial charge < -0.3 is 14.8 Å². The number of benzene rings is 3. The summed E-state index contributed by atoms with van der Waals surface area (Å²) in [5.41, 5.74) is 1.40. The van der Waals surface area contributed by atoms with Gasteiger partial charge in [-0.25, -0.2) is 13.2 Å². The molecule has 0 radical (unpaired) electrons. The van der Waals surface area contributed by atoms with Crippen LogP contribution >= 0.6 is 0 Å². The van der Waals surface area contributed by atoms with Crippen LogP contribution in [-0.2, 0) is 19.6 Å². The van der Waals surface area contributed by atoms with E-state index in [1.165, 1.54) is 36.4 Å². The molecule has 0 aliphatic rings. The Bertz CT molecular complexity index is 1210. The molecule has 0 heterocycles. The summed E-state index contributed by atoms with van der Waals surface area (Å²) in [5.74, 6) is -0.541. The Hall–Kier alpha value is -3.85. The first-order chi connectivity index (χ1) is 16.3. The SMILES string of the molecule is CCOc1ccc(S(=O)(=O)Nc2ccc(C(=O)OCC(=O)NC(C)c3ccccc3)cc2)cc1. The molecule has 1 atom stereocenters. The van der Waals surface area contributed by atoms with Crippen molar-refractivity contribution >= 4 is 27.6 Å². The zero-order valence-corrected chi connectivity index (χ0v) is 19.7. The van der Waals surface area contributed by atoms with E-state index in [9.17, 15) is 18.0 Å². The number of ether oxygens (including phenoxy) is 2. The Labute approximate surface area is 199 Å². The maximum atomic E-state index is 12.6. The molecule has 1 amide bonds. The number of anilines is 1. The van der Waals surface area contributed by atoms with Gasteiger partial charge in [0.05, 0.1) is 23.1 Å². The first-order valence-electron chi connectivity index (χ1n) is 10.7. The molecule has 9 heteroatoms. The van der Waals surface area contributed by atoms with Gasteiger partial charge in [0.15, 0.2) is 6.61 Å². The summed E-state index contributed by atoms with van der Waals surface area (Å²) in [4.78, 5) is 24.4. The van der Waals surface area contributed by atoms with Crippen LogP contribution in [0.25, 0.3) is 0 Å². The van der Waals surface area contributed by atoms with Gasteiger partial charge in [-0.05, 0) is 67.9 Å². The number of hydrogen-bond donors (Lipinski definition) is 2. The molecule has 0 saturated carbocycles. The molecule has 2 N–H and O–H groups in total. The lowest BCUT2D eigenvalue weighted by molar-refractivity contribution is -0.124. The van der Waals surface area contributed by atoms with Gasteiger partial charge in [0.1, 0.15) is 5.75 Å². The molecule has 0 aliphatic carbocycles. The van der Waals surface area contributed by atoms with E-state index >= 15 is 0 Å². The van der Waals surface area contributed by atoms with E-state index in [2.05, 4.69) is 10.0 Å². The summed E-state index contributed by atoms with van der Waals surface area (Å²) in [7, 11) is -3.81. The summed E-state index contributed by atoms with van der Waals surface area (Å²) in [5, 5.41) is 2.76. The summed E-state index contributed by atoms with van der Waals surface area (Å²) in [6.45, 7) is 3.73. The summed E-state index contributed by atoms with van der Waals surface area (Å²) >= 11 is 0. The monoisotopic (exact) mass is 482 g/mol. The second kappa shape index (κ2) is 11.3. The van der Waals surface area contributed by atoms with Gasteiger partial charge in [-0.1, -0.05) is 30.3 Å². The average Bonchev–Trinajstić information content (AvgIpc) is 2.84. The van der Waals surface area contributed by atoms with Gasteiger partial charge in [-0.15, -0.1) is 0 Å². The zero-order valence-electron chi connectivity index (χ0n) is 18.9. The highest BCUT2D eigenvalue weighted by Crippen LogP contribution is 2.20. The number of carbonyl (C=O) groups excluding carboxylic acids is 2. The molecule has 0 fully saturated rings. The highest BCUT2D eigenvalue weighted by atomic mass is 32.2. The van der Waals surface area contributed by atoms with Crippen molar-refractivity contribution in [1.82, 2.24) is 5.32 Å². The van der Waals surface area contributed by atoms with Gasteiger partial charge in [0.2, 0.25) is 0 Å². The van der Waals surface area contributed by atoms with Crippen LogP contribution in [-0.4, -0.2) is 33.5 Å². The van der Waals surface area contributed by atoms with Gasteiger partial charge in [-0.3, -0.25) is 9.52 Å². The van der Waals surface area contributed by atoms with Crippen LogP contribution < -0.4 is 14.8 Å². The summed E-state index contributed by atoms with van der Waals surface area (Å²) in [6, 6.07) is 21.0. The molecule has 0 saturated heterocycles. The fraction of sp³-hybridized carbons (Fsp3) is 0.200. The average molecular weight is 483 g/mol. The summed E-state index contributed by atoms with van der Waals surface area (Å²) in [6.07, 6.45) is 0. The number of carbonyl (C=O) groups is 2. The van der Waals surface area contributed by atoms with Crippen LogP contribution in [0.1, 0.15) is 35.8 Å². The molecule has 3 aromatic rings. The molecule has 1 unspecified atom stereocenters. The van der Waals surface area contributed by atoms with Crippen LogP contribution in [0, 0.1) is 0 Å². The van der Waals surface area contributed by atoms with Crippen LogP contribution in [0.4, 0.5) is 5.69 Å². The molecular formula is C25H26N2O6S. The molecule has 3 aromatic carbocycles. The van der Waals surface area contributed by atoms with Gasteiger partial charge in [0.25, 0.3) is 15.9 Å². The molecule has 178 valence electrons. The maximum absolute atomic E-state index is 12.6. The minimum Gasteiger partial charge on any atom is -0.494 e. The Morgan fingerprint density at radius 3 is 2.18 bits per heavy atom. The van der Waals surface area contributed by atoms with Crippen molar-refractivity contribution < 1.29 is 27.5 Å².